The topological polar surface area (TPSA) is 74.9 Å². The van der Waals surface area contributed by atoms with E-state index in [4.69, 9.17) is 4.74 Å². The predicted molar refractivity (Wildman–Crippen MR) is 102 cm³/mol. The molecule has 6 nitrogen and oxygen atoms in total. The highest BCUT2D eigenvalue weighted by molar-refractivity contribution is 9.11. The van der Waals surface area contributed by atoms with E-state index in [-0.39, 0.29) is 11.4 Å². The highest BCUT2D eigenvalue weighted by atomic mass is 79.9. The Kier molecular flexibility index (Phi) is 6.11. The number of nitrogens with zero attached hydrogens (tertiary/aromatic N) is 2. The van der Waals surface area contributed by atoms with Crippen molar-refractivity contribution in [3.05, 3.63) is 55.8 Å². The van der Waals surface area contributed by atoms with Crippen LogP contribution in [0.5, 0.6) is 0 Å². The van der Waals surface area contributed by atoms with Crippen molar-refractivity contribution in [1.29, 1.82) is 0 Å². The van der Waals surface area contributed by atoms with Crippen molar-refractivity contribution in [3.8, 4) is 0 Å². The second kappa shape index (κ2) is 8.13. The number of nitrogens with one attached hydrogen (secondary N) is 1. The van der Waals surface area contributed by atoms with E-state index in [0.29, 0.717) is 22.2 Å². The first-order valence-corrected chi connectivity index (χ1v) is 10.7. The molecule has 0 spiro atoms. The first kappa shape index (κ1) is 18.8. The highest BCUT2D eigenvalue weighted by Gasteiger charge is 2.18. The van der Waals surface area contributed by atoms with Gasteiger partial charge in [0.1, 0.15) is 23.1 Å². The van der Waals surface area contributed by atoms with Crippen LogP contribution in [0.3, 0.4) is 0 Å². The Hall–Kier alpha value is -1.000. The number of morpholine rings is 1. The Morgan fingerprint density at radius 2 is 1.92 bits per heavy atom. The van der Waals surface area contributed by atoms with Crippen LogP contribution < -0.4 is 9.88 Å². The van der Waals surface area contributed by atoms with Gasteiger partial charge < -0.3 is 9.46 Å². The Labute approximate surface area is 163 Å². The fraction of sp³-hybridized carbons (Fsp3) is 0.312. The molecule has 0 unspecified atom stereocenters. The summed E-state index contributed by atoms with van der Waals surface area (Å²) in [4.78, 5) is 5.55. The van der Waals surface area contributed by atoms with Gasteiger partial charge >= 0.3 is 0 Å². The Morgan fingerprint density at radius 3 is 2.60 bits per heavy atom. The van der Waals surface area contributed by atoms with Crippen LogP contribution in [-0.2, 0) is 21.3 Å². The van der Waals surface area contributed by atoms with Crippen LogP contribution >= 0.6 is 31.9 Å². The van der Waals surface area contributed by atoms with Crippen LogP contribution in [0.25, 0.3) is 4.72 Å². The van der Waals surface area contributed by atoms with E-state index in [2.05, 4.69) is 46.5 Å². The Morgan fingerprint density at radius 1 is 1.16 bits per heavy atom. The molecule has 0 aliphatic carbocycles. The van der Waals surface area contributed by atoms with Crippen molar-refractivity contribution in [2.45, 2.75) is 11.4 Å². The third kappa shape index (κ3) is 4.79. The van der Waals surface area contributed by atoms with Crippen molar-refractivity contribution in [1.82, 2.24) is 0 Å². The van der Waals surface area contributed by atoms with Gasteiger partial charge in [0, 0.05) is 15.0 Å². The maximum atomic E-state index is 12.4. The molecule has 1 aromatic heterocycles. The van der Waals surface area contributed by atoms with E-state index in [1.807, 2.05) is 12.1 Å². The molecule has 0 bridgehead atoms. The van der Waals surface area contributed by atoms with Gasteiger partial charge in [0.25, 0.3) is 5.82 Å². The summed E-state index contributed by atoms with van der Waals surface area (Å²) in [6.07, 6.45) is 1.79. The van der Waals surface area contributed by atoms with Crippen LogP contribution in [0.2, 0.25) is 0 Å². The lowest BCUT2D eigenvalue weighted by molar-refractivity contribution is -0.365. The summed E-state index contributed by atoms with van der Waals surface area (Å²) in [6, 6.07) is 8.81. The van der Waals surface area contributed by atoms with Gasteiger partial charge in [0.05, 0.1) is 24.3 Å². The third-order valence-electron chi connectivity index (χ3n) is 3.80. The maximum Gasteiger partial charge on any atom is 0.274 e. The first-order chi connectivity index (χ1) is 12.0. The number of rotatable bonds is 5. The maximum absolute atomic E-state index is 12.4. The molecule has 0 saturated carbocycles. The van der Waals surface area contributed by atoms with E-state index >= 15 is 0 Å². The number of anilines is 1. The molecule has 0 amide bonds. The summed E-state index contributed by atoms with van der Waals surface area (Å²) in [5, 5.41) is 0. The molecule has 1 aromatic carbocycles. The number of benzene rings is 1. The van der Waals surface area contributed by atoms with E-state index in [1.54, 1.807) is 18.3 Å². The molecule has 2 heterocycles. The number of hydrogen-bond donors (Lipinski definition) is 0. The summed E-state index contributed by atoms with van der Waals surface area (Å²) in [5.41, 5.74) is 0.798. The SMILES string of the molecule is O=S(=O)([N-]Cc1ccc(N2CCOCC2)[nH+]c1)c1cc(Br)ccc1Br. The fourth-order valence-electron chi connectivity index (χ4n) is 2.45. The molecule has 0 radical (unpaired) electrons. The summed E-state index contributed by atoms with van der Waals surface area (Å²) in [6.45, 7) is 3.19. The van der Waals surface area contributed by atoms with Gasteiger partial charge in [-0.3, -0.25) is 4.90 Å². The van der Waals surface area contributed by atoms with E-state index in [1.165, 1.54) is 6.07 Å². The Bertz CT molecular complexity index is 838. The van der Waals surface area contributed by atoms with Gasteiger partial charge in [0.15, 0.2) is 0 Å². The average molecular weight is 491 g/mol. The fourth-order valence-corrected chi connectivity index (χ4v) is 4.87. The molecule has 134 valence electrons. The van der Waals surface area contributed by atoms with Crippen LogP contribution in [0.4, 0.5) is 5.82 Å². The minimum absolute atomic E-state index is 0.0845. The zero-order valence-electron chi connectivity index (χ0n) is 13.3. The van der Waals surface area contributed by atoms with Gasteiger partial charge in [-0.1, -0.05) is 15.9 Å². The minimum atomic E-state index is -3.73. The molecule has 1 saturated heterocycles. The van der Waals surface area contributed by atoms with Crippen molar-refractivity contribution < 1.29 is 18.1 Å². The molecular weight excluding hydrogens is 474 g/mol. The minimum Gasteiger partial charge on any atom is -0.541 e. The quantitative estimate of drug-likeness (QED) is 0.645. The first-order valence-electron chi connectivity index (χ1n) is 7.68. The normalized spacial score (nSPS) is 15.4. The zero-order valence-corrected chi connectivity index (χ0v) is 17.3. The number of ether oxygens (including phenoxy) is 1. The zero-order chi connectivity index (χ0) is 17.9. The lowest BCUT2D eigenvalue weighted by Crippen LogP contribution is -2.39. The molecule has 1 aliphatic rings. The molecule has 1 aliphatic heterocycles. The standard InChI is InChI=1S/C16H16Br2N3O3S/c17-13-2-3-14(18)15(9-13)25(22,23)20-11-12-1-4-16(19-10-12)21-5-7-24-8-6-21/h1-4,9-10H,5-8,11H2/q-1/p+1. The van der Waals surface area contributed by atoms with Crippen LogP contribution in [0.15, 0.2) is 50.4 Å². The van der Waals surface area contributed by atoms with Crippen LogP contribution in [-0.4, -0.2) is 34.7 Å². The molecule has 1 N–H and O–H groups in total. The van der Waals surface area contributed by atoms with Crippen molar-refractivity contribution in [3.63, 3.8) is 0 Å². The van der Waals surface area contributed by atoms with Gasteiger partial charge in [-0.05, 0) is 45.8 Å². The monoisotopic (exact) mass is 489 g/mol. The molecule has 0 atom stereocenters. The second-order valence-electron chi connectivity index (χ2n) is 5.52. The largest absolute Gasteiger partial charge is 0.541 e. The lowest BCUT2D eigenvalue weighted by Gasteiger charge is -2.22. The van der Waals surface area contributed by atoms with Gasteiger partial charge in [-0.2, -0.15) is 0 Å². The summed E-state index contributed by atoms with van der Waals surface area (Å²) < 4.78 is 35.3. The molecule has 2 aromatic rings. The van der Waals surface area contributed by atoms with Gasteiger partial charge in [0.2, 0.25) is 0 Å². The summed E-state index contributed by atoms with van der Waals surface area (Å²) in [5.74, 6) is 0.990. The molecule has 25 heavy (non-hydrogen) atoms. The van der Waals surface area contributed by atoms with Crippen LogP contribution in [0, 0.1) is 0 Å². The number of H-pyrrole nitrogens is 1. The summed E-state index contributed by atoms with van der Waals surface area (Å²) in [7, 11) is -3.73. The second-order valence-corrected chi connectivity index (χ2v) is 8.94. The lowest BCUT2D eigenvalue weighted by atomic mass is 10.3. The van der Waals surface area contributed by atoms with E-state index in [0.717, 1.165) is 24.5 Å². The average Bonchev–Trinajstić information content (AvgIpc) is 2.63. The third-order valence-corrected chi connectivity index (χ3v) is 6.61. The van der Waals surface area contributed by atoms with Crippen molar-refractivity contribution in [2.24, 2.45) is 0 Å². The molecule has 9 heteroatoms. The van der Waals surface area contributed by atoms with Gasteiger partial charge in [-0.15, -0.1) is 6.54 Å². The number of aromatic amines is 1. The number of halogens is 2. The van der Waals surface area contributed by atoms with Crippen molar-refractivity contribution in [2.75, 3.05) is 31.2 Å². The predicted octanol–water partition coefficient (Wildman–Crippen LogP) is 3.12. The van der Waals surface area contributed by atoms with E-state index in [9.17, 15) is 8.42 Å². The number of sulfonamides is 1. The molecule has 3 rings (SSSR count). The van der Waals surface area contributed by atoms with Crippen LogP contribution in [0.1, 0.15) is 5.56 Å². The van der Waals surface area contributed by atoms with E-state index < -0.39 is 10.0 Å². The molecular formula is C16H17Br2N3O3S. The molecule has 1 fully saturated rings. The summed E-state index contributed by atoms with van der Waals surface area (Å²) >= 11 is 6.55. The van der Waals surface area contributed by atoms with Crippen molar-refractivity contribution >= 4 is 47.7 Å². The number of aromatic nitrogens is 1. The highest BCUT2D eigenvalue weighted by Crippen LogP contribution is 2.29. The van der Waals surface area contributed by atoms with Gasteiger partial charge in [-0.25, -0.2) is 13.4 Å². The number of pyridine rings is 1. The smallest absolute Gasteiger partial charge is 0.274 e. The Balaban J connectivity index is 1.67. The number of hydrogen-bond acceptors (Lipinski definition) is 4.